The van der Waals surface area contributed by atoms with E-state index in [1.807, 2.05) is 0 Å². The summed E-state index contributed by atoms with van der Waals surface area (Å²) >= 11 is 12.0. The number of esters is 2. The standard InChI is InChI=1S/C15H13Cl2NO4/c1-3-21-14(19)10-6-8-5-9(16)7-11(17)12(8)18-13(10)15(20)22-4-2/h5-7H,3-4H2,1-2H3. The van der Waals surface area contributed by atoms with Gasteiger partial charge < -0.3 is 9.47 Å². The first-order chi connectivity index (χ1) is 10.5. The predicted octanol–water partition coefficient (Wildman–Crippen LogP) is 3.90. The van der Waals surface area contributed by atoms with E-state index in [0.29, 0.717) is 15.9 Å². The Kier molecular flexibility index (Phi) is 5.21. The Balaban J connectivity index is 2.70. The number of fused-ring (bicyclic) bond motifs is 1. The number of ether oxygens (including phenoxy) is 2. The monoisotopic (exact) mass is 341 g/mol. The second-order valence-electron chi connectivity index (χ2n) is 4.28. The molecule has 116 valence electrons. The lowest BCUT2D eigenvalue weighted by Crippen LogP contribution is -2.16. The Hall–Kier alpha value is -1.85. The Bertz CT molecular complexity index is 746. The summed E-state index contributed by atoms with van der Waals surface area (Å²) in [6, 6.07) is 4.59. The number of benzene rings is 1. The van der Waals surface area contributed by atoms with Crippen molar-refractivity contribution in [2.75, 3.05) is 13.2 Å². The average Bonchev–Trinajstić information content (AvgIpc) is 2.46. The summed E-state index contributed by atoms with van der Waals surface area (Å²) in [7, 11) is 0. The molecule has 1 heterocycles. The summed E-state index contributed by atoms with van der Waals surface area (Å²) < 4.78 is 9.88. The lowest BCUT2D eigenvalue weighted by molar-refractivity contribution is 0.0474. The highest BCUT2D eigenvalue weighted by atomic mass is 35.5. The van der Waals surface area contributed by atoms with E-state index >= 15 is 0 Å². The molecule has 0 N–H and O–H groups in total. The first-order valence-corrected chi connectivity index (χ1v) is 7.37. The Morgan fingerprint density at radius 2 is 1.68 bits per heavy atom. The number of pyridine rings is 1. The van der Waals surface area contributed by atoms with Crippen molar-refractivity contribution in [2.45, 2.75) is 13.8 Å². The minimum absolute atomic E-state index is 0.0196. The molecule has 1 aromatic carbocycles. The predicted molar refractivity (Wildman–Crippen MR) is 83.7 cm³/mol. The molecule has 7 heteroatoms. The zero-order valence-corrected chi connectivity index (χ0v) is 13.5. The fourth-order valence-electron chi connectivity index (χ4n) is 1.93. The zero-order valence-electron chi connectivity index (χ0n) is 12.0. The van der Waals surface area contributed by atoms with Gasteiger partial charge in [0.1, 0.15) is 0 Å². The van der Waals surface area contributed by atoms with E-state index in [-0.39, 0.29) is 29.5 Å². The molecule has 0 spiro atoms. The Labute approximate surface area is 137 Å². The van der Waals surface area contributed by atoms with Gasteiger partial charge in [-0.3, -0.25) is 0 Å². The molecule has 0 radical (unpaired) electrons. The topological polar surface area (TPSA) is 65.5 Å². The van der Waals surface area contributed by atoms with Gasteiger partial charge in [-0.2, -0.15) is 0 Å². The number of aromatic nitrogens is 1. The van der Waals surface area contributed by atoms with Gasteiger partial charge in [-0.15, -0.1) is 0 Å². The molecule has 0 aliphatic carbocycles. The lowest BCUT2D eigenvalue weighted by atomic mass is 10.1. The molecule has 22 heavy (non-hydrogen) atoms. The molecule has 1 aromatic heterocycles. The van der Waals surface area contributed by atoms with Crippen LogP contribution in [0.3, 0.4) is 0 Å². The van der Waals surface area contributed by atoms with Crippen molar-refractivity contribution in [2.24, 2.45) is 0 Å². The van der Waals surface area contributed by atoms with Crippen LogP contribution < -0.4 is 0 Å². The Morgan fingerprint density at radius 3 is 2.32 bits per heavy atom. The van der Waals surface area contributed by atoms with E-state index in [4.69, 9.17) is 32.7 Å². The highest BCUT2D eigenvalue weighted by Gasteiger charge is 2.23. The van der Waals surface area contributed by atoms with Crippen LogP contribution in [0.25, 0.3) is 10.9 Å². The lowest BCUT2D eigenvalue weighted by Gasteiger charge is -2.10. The van der Waals surface area contributed by atoms with Gasteiger partial charge in [0.2, 0.25) is 0 Å². The smallest absolute Gasteiger partial charge is 0.357 e. The van der Waals surface area contributed by atoms with Crippen LogP contribution in [0.5, 0.6) is 0 Å². The minimum Gasteiger partial charge on any atom is -0.462 e. The van der Waals surface area contributed by atoms with Crippen molar-refractivity contribution in [3.8, 4) is 0 Å². The summed E-state index contributed by atoms with van der Waals surface area (Å²) in [6.45, 7) is 3.67. The van der Waals surface area contributed by atoms with Crippen LogP contribution in [-0.2, 0) is 9.47 Å². The van der Waals surface area contributed by atoms with Crippen LogP contribution >= 0.6 is 23.2 Å². The second kappa shape index (κ2) is 6.94. The largest absolute Gasteiger partial charge is 0.462 e. The number of halogens is 2. The van der Waals surface area contributed by atoms with Gasteiger partial charge in [-0.1, -0.05) is 23.2 Å². The van der Waals surface area contributed by atoms with Crippen LogP contribution in [0.4, 0.5) is 0 Å². The number of nitrogens with zero attached hydrogens (tertiary/aromatic N) is 1. The van der Waals surface area contributed by atoms with Crippen molar-refractivity contribution in [1.82, 2.24) is 4.98 Å². The molecule has 2 rings (SSSR count). The van der Waals surface area contributed by atoms with Crippen molar-refractivity contribution >= 4 is 46.0 Å². The van der Waals surface area contributed by atoms with Gasteiger partial charge in [0.05, 0.1) is 29.3 Å². The zero-order chi connectivity index (χ0) is 16.3. The van der Waals surface area contributed by atoms with E-state index < -0.39 is 11.9 Å². The number of carbonyl (C=O) groups excluding carboxylic acids is 2. The van der Waals surface area contributed by atoms with Gasteiger partial charge in [0.25, 0.3) is 0 Å². The van der Waals surface area contributed by atoms with Crippen LogP contribution in [0.1, 0.15) is 34.7 Å². The summed E-state index contributed by atoms with van der Waals surface area (Å²) in [5, 5.41) is 1.22. The molecular weight excluding hydrogens is 329 g/mol. The summed E-state index contributed by atoms with van der Waals surface area (Å²) in [6.07, 6.45) is 0. The van der Waals surface area contributed by atoms with E-state index in [9.17, 15) is 9.59 Å². The fraction of sp³-hybridized carbons (Fsp3) is 0.267. The number of carbonyl (C=O) groups is 2. The molecule has 0 aliphatic heterocycles. The molecule has 0 saturated heterocycles. The maximum absolute atomic E-state index is 12.1. The molecule has 0 fully saturated rings. The third-order valence-electron chi connectivity index (χ3n) is 2.80. The Morgan fingerprint density at radius 1 is 1.05 bits per heavy atom. The van der Waals surface area contributed by atoms with Crippen molar-refractivity contribution in [3.05, 3.63) is 39.5 Å². The maximum Gasteiger partial charge on any atom is 0.357 e. The SMILES string of the molecule is CCOC(=O)c1cc2cc(Cl)cc(Cl)c2nc1C(=O)OCC. The maximum atomic E-state index is 12.1. The second-order valence-corrected chi connectivity index (χ2v) is 5.13. The molecule has 2 aromatic rings. The first kappa shape index (κ1) is 16.5. The quantitative estimate of drug-likeness (QED) is 0.789. The molecule has 5 nitrogen and oxygen atoms in total. The van der Waals surface area contributed by atoms with Crippen LogP contribution in [-0.4, -0.2) is 30.1 Å². The number of hydrogen-bond acceptors (Lipinski definition) is 5. The normalized spacial score (nSPS) is 10.5. The third kappa shape index (κ3) is 3.31. The summed E-state index contributed by atoms with van der Waals surface area (Å²) in [5.41, 5.74) is 0.255. The van der Waals surface area contributed by atoms with E-state index in [1.54, 1.807) is 19.9 Å². The van der Waals surface area contributed by atoms with E-state index in [0.717, 1.165) is 0 Å². The van der Waals surface area contributed by atoms with Gasteiger partial charge >= 0.3 is 11.9 Å². The fourth-order valence-corrected chi connectivity index (χ4v) is 2.48. The number of hydrogen-bond donors (Lipinski definition) is 0. The van der Waals surface area contributed by atoms with Gasteiger partial charge in [0.15, 0.2) is 5.69 Å². The third-order valence-corrected chi connectivity index (χ3v) is 3.31. The van der Waals surface area contributed by atoms with Crippen LogP contribution in [0.15, 0.2) is 18.2 Å². The molecule has 0 aliphatic rings. The highest BCUT2D eigenvalue weighted by molar-refractivity contribution is 6.38. The van der Waals surface area contributed by atoms with Gasteiger partial charge in [0, 0.05) is 10.4 Å². The van der Waals surface area contributed by atoms with Crippen molar-refractivity contribution in [3.63, 3.8) is 0 Å². The minimum atomic E-state index is -0.710. The molecule has 0 amide bonds. The molecular formula is C15H13Cl2NO4. The molecule has 0 atom stereocenters. The average molecular weight is 342 g/mol. The van der Waals surface area contributed by atoms with Crippen molar-refractivity contribution < 1.29 is 19.1 Å². The van der Waals surface area contributed by atoms with E-state index in [2.05, 4.69) is 4.98 Å². The van der Waals surface area contributed by atoms with Gasteiger partial charge in [-0.05, 0) is 32.0 Å². The molecule has 0 saturated carbocycles. The highest BCUT2D eigenvalue weighted by Crippen LogP contribution is 2.28. The number of rotatable bonds is 4. The van der Waals surface area contributed by atoms with Crippen LogP contribution in [0.2, 0.25) is 10.0 Å². The molecule has 0 unspecified atom stereocenters. The molecule has 0 bridgehead atoms. The van der Waals surface area contributed by atoms with Gasteiger partial charge in [-0.25, -0.2) is 14.6 Å². The van der Waals surface area contributed by atoms with Crippen molar-refractivity contribution in [1.29, 1.82) is 0 Å². The van der Waals surface area contributed by atoms with E-state index in [1.165, 1.54) is 12.1 Å². The summed E-state index contributed by atoms with van der Waals surface area (Å²) in [4.78, 5) is 28.3. The summed E-state index contributed by atoms with van der Waals surface area (Å²) in [5.74, 6) is -1.37. The van der Waals surface area contributed by atoms with Crippen LogP contribution in [0, 0.1) is 0 Å². The first-order valence-electron chi connectivity index (χ1n) is 6.62.